The van der Waals surface area contributed by atoms with Crippen LogP contribution in [0.25, 0.3) is 0 Å². The van der Waals surface area contributed by atoms with E-state index in [2.05, 4.69) is 24.1 Å². The van der Waals surface area contributed by atoms with E-state index in [1.165, 1.54) is 32.1 Å². The van der Waals surface area contributed by atoms with Crippen LogP contribution in [0, 0.1) is 0 Å². The number of rotatable bonds is 8. The molecule has 0 bridgehead atoms. The van der Waals surface area contributed by atoms with Gasteiger partial charge >= 0.3 is 0 Å². The molecule has 1 heterocycles. The first-order valence-corrected chi connectivity index (χ1v) is 7.79. The Balaban J connectivity index is 2.19. The first kappa shape index (κ1) is 15.5. The first-order chi connectivity index (χ1) is 8.77. The quantitative estimate of drug-likeness (QED) is 0.722. The van der Waals surface area contributed by atoms with E-state index in [0.29, 0.717) is 11.9 Å². The minimum atomic E-state index is 0.377. The molecule has 0 aromatic rings. The Kier molecular flexibility index (Phi) is 8.06. The summed E-state index contributed by atoms with van der Waals surface area (Å²) in [5.41, 5.74) is 0. The molecule has 1 atom stereocenters. The second kappa shape index (κ2) is 9.37. The standard InChI is InChI=1S/C15H30N2O/c1-3-11-16-14(4-2)9-8-13-17-12-7-5-6-10-15(17)18/h14,16H,3-13H2,1-2H3. The Hall–Kier alpha value is -0.570. The number of hydrogen-bond donors (Lipinski definition) is 1. The van der Waals surface area contributed by atoms with Gasteiger partial charge in [-0.2, -0.15) is 0 Å². The minimum absolute atomic E-state index is 0.377. The Morgan fingerprint density at radius 3 is 2.83 bits per heavy atom. The summed E-state index contributed by atoms with van der Waals surface area (Å²) in [6, 6.07) is 0.632. The van der Waals surface area contributed by atoms with E-state index in [1.807, 2.05) is 0 Å². The van der Waals surface area contributed by atoms with Crippen molar-refractivity contribution in [3.63, 3.8) is 0 Å². The van der Waals surface area contributed by atoms with Gasteiger partial charge in [0, 0.05) is 25.6 Å². The predicted octanol–water partition coefficient (Wildman–Crippen LogP) is 2.95. The fourth-order valence-electron chi connectivity index (χ4n) is 2.60. The zero-order chi connectivity index (χ0) is 13.2. The number of amides is 1. The Morgan fingerprint density at radius 1 is 1.28 bits per heavy atom. The summed E-state index contributed by atoms with van der Waals surface area (Å²) in [6.45, 7) is 7.50. The van der Waals surface area contributed by atoms with Gasteiger partial charge < -0.3 is 10.2 Å². The van der Waals surface area contributed by atoms with Gasteiger partial charge in [0.2, 0.25) is 5.91 Å². The van der Waals surface area contributed by atoms with Crippen molar-refractivity contribution in [1.29, 1.82) is 0 Å². The van der Waals surface area contributed by atoms with Crippen LogP contribution in [0.15, 0.2) is 0 Å². The van der Waals surface area contributed by atoms with Gasteiger partial charge in [0.15, 0.2) is 0 Å². The highest BCUT2D eigenvalue weighted by molar-refractivity contribution is 5.76. The SMILES string of the molecule is CCCNC(CC)CCCN1CCCCCC1=O. The summed E-state index contributed by atoms with van der Waals surface area (Å²) in [5.74, 6) is 0.377. The van der Waals surface area contributed by atoms with E-state index in [1.54, 1.807) is 0 Å². The zero-order valence-corrected chi connectivity index (χ0v) is 12.2. The molecule has 1 aliphatic heterocycles. The molecule has 106 valence electrons. The summed E-state index contributed by atoms with van der Waals surface area (Å²) >= 11 is 0. The Labute approximate surface area is 112 Å². The monoisotopic (exact) mass is 254 g/mol. The van der Waals surface area contributed by atoms with Crippen molar-refractivity contribution >= 4 is 5.91 Å². The van der Waals surface area contributed by atoms with Crippen LogP contribution in [0.3, 0.4) is 0 Å². The molecule has 1 N–H and O–H groups in total. The van der Waals surface area contributed by atoms with E-state index < -0.39 is 0 Å². The van der Waals surface area contributed by atoms with Crippen LogP contribution in [0.4, 0.5) is 0 Å². The number of carbonyl (C=O) groups excluding carboxylic acids is 1. The predicted molar refractivity (Wildman–Crippen MR) is 76.7 cm³/mol. The van der Waals surface area contributed by atoms with Gasteiger partial charge in [-0.25, -0.2) is 0 Å². The average Bonchev–Trinajstić information content (AvgIpc) is 2.59. The third kappa shape index (κ3) is 5.85. The third-order valence-corrected chi connectivity index (χ3v) is 3.83. The zero-order valence-electron chi connectivity index (χ0n) is 12.2. The van der Waals surface area contributed by atoms with E-state index in [0.717, 1.165) is 38.9 Å². The van der Waals surface area contributed by atoms with Crippen molar-refractivity contribution in [2.45, 2.75) is 71.3 Å². The van der Waals surface area contributed by atoms with E-state index in [-0.39, 0.29) is 0 Å². The van der Waals surface area contributed by atoms with Crippen LogP contribution in [0.1, 0.15) is 65.2 Å². The van der Waals surface area contributed by atoms with Gasteiger partial charge in [-0.3, -0.25) is 4.79 Å². The molecule has 1 fully saturated rings. The highest BCUT2D eigenvalue weighted by Crippen LogP contribution is 2.12. The average molecular weight is 254 g/mol. The fourth-order valence-corrected chi connectivity index (χ4v) is 2.60. The molecule has 0 spiro atoms. The summed E-state index contributed by atoms with van der Waals surface area (Å²) < 4.78 is 0. The lowest BCUT2D eigenvalue weighted by molar-refractivity contribution is -0.130. The first-order valence-electron chi connectivity index (χ1n) is 7.79. The maximum absolute atomic E-state index is 11.8. The van der Waals surface area contributed by atoms with E-state index >= 15 is 0 Å². The van der Waals surface area contributed by atoms with E-state index in [4.69, 9.17) is 0 Å². The molecule has 0 aliphatic carbocycles. The van der Waals surface area contributed by atoms with Gasteiger partial charge in [-0.1, -0.05) is 20.3 Å². The highest BCUT2D eigenvalue weighted by Gasteiger charge is 2.16. The second-order valence-electron chi connectivity index (χ2n) is 5.39. The molecule has 3 heteroatoms. The van der Waals surface area contributed by atoms with Crippen molar-refractivity contribution in [3.8, 4) is 0 Å². The largest absolute Gasteiger partial charge is 0.343 e. The van der Waals surface area contributed by atoms with Crippen LogP contribution < -0.4 is 5.32 Å². The molecule has 3 nitrogen and oxygen atoms in total. The molecular formula is C15H30N2O. The molecule has 1 unspecified atom stereocenters. The number of carbonyl (C=O) groups is 1. The molecule has 1 saturated heterocycles. The van der Waals surface area contributed by atoms with Crippen molar-refractivity contribution in [2.24, 2.45) is 0 Å². The highest BCUT2D eigenvalue weighted by atomic mass is 16.2. The smallest absolute Gasteiger partial charge is 0.222 e. The van der Waals surface area contributed by atoms with Crippen LogP contribution >= 0.6 is 0 Å². The molecule has 0 aromatic carbocycles. The van der Waals surface area contributed by atoms with Gasteiger partial charge in [0.25, 0.3) is 0 Å². The molecule has 1 aliphatic rings. The molecular weight excluding hydrogens is 224 g/mol. The van der Waals surface area contributed by atoms with Crippen LogP contribution in [-0.2, 0) is 4.79 Å². The molecule has 1 rings (SSSR count). The van der Waals surface area contributed by atoms with Crippen LogP contribution in [0.2, 0.25) is 0 Å². The minimum Gasteiger partial charge on any atom is -0.343 e. The second-order valence-corrected chi connectivity index (χ2v) is 5.39. The normalized spacial score (nSPS) is 18.8. The number of likely N-dealkylation sites (tertiary alicyclic amines) is 1. The molecule has 1 amide bonds. The number of nitrogens with zero attached hydrogens (tertiary/aromatic N) is 1. The van der Waals surface area contributed by atoms with Crippen LogP contribution in [-0.4, -0.2) is 36.5 Å². The van der Waals surface area contributed by atoms with Crippen molar-refractivity contribution in [1.82, 2.24) is 10.2 Å². The van der Waals surface area contributed by atoms with E-state index in [9.17, 15) is 4.79 Å². The summed E-state index contributed by atoms with van der Waals surface area (Å²) in [6.07, 6.45) is 8.99. The van der Waals surface area contributed by atoms with Crippen molar-refractivity contribution < 1.29 is 4.79 Å². The summed E-state index contributed by atoms with van der Waals surface area (Å²) in [7, 11) is 0. The maximum atomic E-state index is 11.8. The van der Waals surface area contributed by atoms with Gasteiger partial charge in [-0.15, -0.1) is 0 Å². The summed E-state index contributed by atoms with van der Waals surface area (Å²) in [4.78, 5) is 13.9. The lowest BCUT2D eigenvalue weighted by Gasteiger charge is -2.22. The van der Waals surface area contributed by atoms with Gasteiger partial charge in [0.05, 0.1) is 0 Å². The Morgan fingerprint density at radius 2 is 2.11 bits per heavy atom. The van der Waals surface area contributed by atoms with Crippen LogP contribution in [0.5, 0.6) is 0 Å². The summed E-state index contributed by atoms with van der Waals surface area (Å²) in [5, 5.41) is 3.58. The maximum Gasteiger partial charge on any atom is 0.222 e. The number of hydrogen-bond acceptors (Lipinski definition) is 2. The Bertz CT molecular complexity index is 231. The number of nitrogens with one attached hydrogen (secondary N) is 1. The van der Waals surface area contributed by atoms with Gasteiger partial charge in [0.1, 0.15) is 0 Å². The van der Waals surface area contributed by atoms with Crippen molar-refractivity contribution in [2.75, 3.05) is 19.6 Å². The van der Waals surface area contributed by atoms with Gasteiger partial charge in [-0.05, 0) is 45.1 Å². The van der Waals surface area contributed by atoms with Crippen molar-refractivity contribution in [3.05, 3.63) is 0 Å². The fraction of sp³-hybridized carbons (Fsp3) is 0.933. The lowest BCUT2D eigenvalue weighted by Crippen LogP contribution is -2.33. The third-order valence-electron chi connectivity index (χ3n) is 3.83. The topological polar surface area (TPSA) is 32.3 Å². The molecule has 0 aromatic heterocycles. The lowest BCUT2D eigenvalue weighted by atomic mass is 10.1. The molecule has 18 heavy (non-hydrogen) atoms. The molecule has 0 saturated carbocycles. The molecule has 0 radical (unpaired) electrons.